The smallest absolute Gasteiger partial charge is 0.255 e. The first-order chi connectivity index (χ1) is 9.70. The van der Waals surface area contributed by atoms with E-state index in [9.17, 15) is 9.18 Å². The summed E-state index contributed by atoms with van der Waals surface area (Å²) in [5.74, 6) is -0.341. The molecule has 6 heteroatoms. The van der Waals surface area contributed by atoms with Crippen LogP contribution in [-0.4, -0.2) is 22.3 Å². The van der Waals surface area contributed by atoms with Crippen LogP contribution in [0.25, 0.3) is 0 Å². The summed E-state index contributed by atoms with van der Waals surface area (Å²) in [5.41, 5.74) is 0.274. The molecule has 0 radical (unpaired) electrons. The SMILES string of the molecule is N#CCCN(Cc1ccco1)C(=O)c1ccc(F)nc1. The molecule has 20 heavy (non-hydrogen) atoms. The highest BCUT2D eigenvalue weighted by Gasteiger charge is 2.17. The van der Waals surface area contributed by atoms with Gasteiger partial charge in [0.1, 0.15) is 5.76 Å². The summed E-state index contributed by atoms with van der Waals surface area (Å²) in [5, 5.41) is 8.66. The lowest BCUT2D eigenvalue weighted by Gasteiger charge is -2.20. The van der Waals surface area contributed by atoms with Crippen molar-refractivity contribution in [3.63, 3.8) is 0 Å². The van der Waals surface area contributed by atoms with Gasteiger partial charge < -0.3 is 9.32 Å². The van der Waals surface area contributed by atoms with Gasteiger partial charge in [0.2, 0.25) is 5.95 Å². The molecule has 0 aliphatic carbocycles. The Morgan fingerprint density at radius 1 is 1.45 bits per heavy atom. The molecular formula is C14H12FN3O2. The van der Waals surface area contributed by atoms with Gasteiger partial charge in [-0.3, -0.25) is 4.79 Å². The summed E-state index contributed by atoms with van der Waals surface area (Å²) in [6.07, 6.45) is 2.90. The minimum atomic E-state index is -0.642. The lowest BCUT2D eigenvalue weighted by Crippen LogP contribution is -2.31. The zero-order chi connectivity index (χ0) is 14.4. The van der Waals surface area contributed by atoms with Crippen LogP contribution < -0.4 is 0 Å². The van der Waals surface area contributed by atoms with Crippen LogP contribution in [-0.2, 0) is 6.54 Å². The van der Waals surface area contributed by atoms with Crippen LogP contribution in [0.5, 0.6) is 0 Å². The first-order valence-corrected chi connectivity index (χ1v) is 6.01. The molecule has 0 atom stereocenters. The molecule has 0 N–H and O–H groups in total. The number of rotatable bonds is 5. The molecular weight excluding hydrogens is 261 g/mol. The maximum atomic E-state index is 12.8. The average molecular weight is 273 g/mol. The number of nitrogens with zero attached hydrogens (tertiary/aromatic N) is 3. The Labute approximate surface area is 115 Å². The van der Waals surface area contributed by atoms with Crippen LogP contribution in [0.15, 0.2) is 41.1 Å². The minimum Gasteiger partial charge on any atom is -0.467 e. The van der Waals surface area contributed by atoms with Gasteiger partial charge in [-0.2, -0.15) is 9.65 Å². The Hall–Kier alpha value is -2.68. The third-order valence-corrected chi connectivity index (χ3v) is 2.68. The minimum absolute atomic E-state index is 0.209. The Morgan fingerprint density at radius 2 is 2.30 bits per heavy atom. The summed E-state index contributed by atoms with van der Waals surface area (Å²) in [6.45, 7) is 0.526. The number of furan rings is 1. The normalized spacial score (nSPS) is 10.0. The predicted octanol–water partition coefficient (Wildman–Crippen LogP) is 2.37. The number of pyridine rings is 1. The van der Waals surface area contributed by atoms with E-state index in [4.69, 9.17) is 9.68 Å². The molecule has 1 amide bonds. The maximum Gasteiger partial charge on any atom is 0.255 e. The lowest BCUT2D eigenvalue weighted by molar-refractivity contribution is 0.0735. The number of halogens is 1. The molecule has 5 nitrogen and oxygen atoms in total. The van der Waals surface area contributed by atoms with Gasteiger partial charge in [0.25, 0.3) is 5.91 Å². The van der Waals surface area contributed by atoms with Gasteiger partial charge in [0, 0.05) is 12.7 Å². The molecule has 2 aromatic heterocycles. The van der Waals surface area contributed by atoms with E-state index in [0.29, 0.717) is 5.76 Å². The lowest BCUT2D eigenvalue weighted by atomic mass is 10.2. The fourth-order valence-corrected chi connectivity index (χ4v) is 1.71. The van der Waals surface area contributed by atoms with E-state index in [1.54, 1.807) is 12.1 Å². The molecule has 0 aliphatic rings. The topological polar surface area (TPSA) is 70.1 Å². The molecule has 0 bridgehead atoms. The third-order valence-electron chi connectivity index (χ3n) is 2.68. The second-order valence-electron chi connectivity index (χ2n) is 4.08. The van der Waals surface area contributed by atoms with Gasteiger partial charge >= 0.3 is 0 Å². The van der Waals surface area contributed by atoms with Crippen LogP contribution in [0.4, 0.5) is 4.39 Å². The zero-order valence-electron chi connectivity index (χ0n) is 10.6. The molecule has 0 saturated heterocycles. The number of aromatic nitrogens is 1. The van der Waals surface area contributed by atoms with Crippen molar-refractivity contribution >= 4 is 5.91 Å². The number of amides is 1. The van der Waals surface area contributed by atoms with Crippen molar-refractivity contribution in [3.05, 3.63) is 54.0 Å². The van der Waals surface area contributed by atoms with Gasteiger partial charge in [0.15, 0.2) is 0 Å². The summed E-state index contributed by atoms with van der Waals surface area (Å²) in [4.78, 5) is 17.2. The Bertz CT molecular complexity index is 602. The van der Waals surface area contributed by atoms with E-state index < -0.39 is 5.95 Å². The fourth-order valence-electron chi connectivity index (χ4n) is 1.71. The van der Waals surface area contributed by atoms with Crippen molar-refractivity contribution < 1.29 is 13.6 Å². The van der Waals surface area contributed by atoms with Crippen LogP contribution >= 0.6 is 0 Å². The van der Waals surface area contributed by atoms with E-state index in [0.717, 1.165) is 6.07 Å². The second kappa shape index (κ2) is 6.48. The largest absolute Gasteiger partial charge is 0.467 e. The predicted molar refractivity (Wildman–Crippen MR) is 67.9 cm³/mol. The summed E-state index contributed by atoms with van der Waals surface area (Å²) in [7, 11) is 0. The molecule has 2 heterocycles. The number of hydrogen-bond donors (Lipinski definition) is 0. The molecule has 0 aliphatic heterocycles. The highest BCUT2D eigenvalue weighted by molar-refractivity contribution is 5.93. The number of carbonyl (C=O) groups is 1. The molecule has 2 rings (SSSR count). The maximum absolute atomic E-state index is 12.8. The molecule has 0 unspecified atom stereocenters. The number of nitriles is 1. The Morgan fingerprint density at radius 3 is 2.90 bits per heavy atom. The van der Waals surface area contributed by atoms with E-state index in [1.165, 1.54) is 23.4 Å². The molecule has 0 saturated carbocycles. The first kappa shape index (κ1) is 13.7. The molecule has 102 valence electrons. The average Bonchev–Trinajstić information content (AvgIpc) is 2.96. The number of carbonyl (C=O) groups excluding carboxylic acids is 1. The van der Waals surface area contributed by atoms with Crippen molar-refractivity contribution in [2.45, 2.75) is 13.0 Å². The van der Waals surface area contributed by atoms with E-state index in [2.05, 4.69) is 4.98 Å². The van der Waals surface area contributed by atoms with Gasteiger partial charge in [0.05, 0.1) is 30.9 Å². The van der Waals surface area contributed by atoms with Crippen LogP contribution in [0.1, 0.15) is 22.5 Å². The van der Waals surface area contributed by atoms with Crippen LogP contribution in [0.3, 0.4) is 0 Å². The van der Waals surface area contributed by atoms with Crippen molar-refractivity contribution in [2.24, 2.45) is 0 Å². The molecule has 0 spiro atoms. The van der Waals surface area contributed by atoms with Gasteiger partial charge in [-0.1, -0.05) is 0 Å². The third kappa shape index (κ3) is 3.42. The van der Waals surface area contributed by atoms with Gasteiger partial charge in [-0.25, -0.2) is 4.98 Å². The Kier molecular flexibility index (Phi) is 4.45. The molecule has 0 fully saturated rings. The zero-order valence-corrected chi connectivity index (χ0v) is 10.6. The van der Waals surface area contributed by atoms with Gasteiger partial charge in [-0.15, -0.1) is 0 Å². The monoisotopic (exact) mass is 273 g/mol. The van der Waals surface area contributed by atoms with Crippen molar-refractivity contribution in [2.75, 3.05) is 6.54 Å². The summed E-state index contributed by atoms with van der Waals surface area (Å²) < 4.78 is 18.0. The summed E-state index contributed by atoms with van der Waals surface area (Å²) in [6, 6.07) is 7.96. The van der Waals surface area contributed by atoms with Crippen molar-refractivity contribution in [3.8, 4) is 6.07 Å². The molecule has 0 aromatic carbocycles. The van der Waals surface area contributed by atoms with Crippen molar-refractivity contribution in [1.82, 2.24) is 9.88 Å². The van der Waals surface area contributed by atoms with E-state index in [-0.39, 0.29) is 31.0 Å². The highest BCUT2D eigenvalue weighted by Crippen LogP contribution is 2.11. The first-order valence-electron chi connectivity index (χ1n) is 6.01. The summed E-state index contributed by atoms with van der Waals surface area (Å²) >= 11 is 0. The van der Waals surface area contributed by atoms with Gasteiger partial charge in [-0.05, 0) is 24.3 Å². The van der Waals surface area contributed by atoms with Crippen LogP contribution in [0.2, 0.25) is 0 Å². The second-order valence-corrected chi connectivity index (χ2v) is 4.08. The van der Waals surface area contributed by atoms with Crippen molar-refractivity contribution in [1.29, 1.82) is 5.26 Å². The standard InChI is InChI=1S/C14H12FN3O2/c15-13-5-4-11(9-17-13)14(19)18(7-2-6-16)10-12-3-1-8-20-12/h1,3-5,8-9H,2,7,10H2. The number of hydrogen-bond acceptors (Lipinski definition) is 4. The van der Waals surface area contributed by atoms with Crippen LogP contribution in [0, 0.1) is 17.3 Å². The van der Waals surface area contributed by atoms with E-state index >= 15 is 0 Å². The Balaban J connectivity index is 2.15. The molecule has 2 aromatic rings. The highest BCUT2D eigenvalue weighted by atomic mass is 19.1. The quantitative estimate of drug-likeness (QED) is 0.784. The van der Waals surface area contributed by atoms with E-state index in [1.807, 2.05) is 6.07 Å². The fraction of sp³-hybridized carbons (Fsp3) is 0.214.